The number of aliphatic imine (C=N–C) groups is 1. The second kappa shape index (κ2) is 3.66. The minimum absolute atomic E-state index is 0.310. The minimum Gasteiger partial charge on any atom is -0.476 e. The lowest BCUT2D eigenvalue weighted by Gasteiger charge is -2.02. The highest BCUT2D eigenvalue weighted by molar-refractivity contribution is 7.90. The van der Waals surface area contributed by atoms with Crippen molar-refractivity contribution in [1.82, 2.24) is 0 Å². The van der Waals surface area contributed by atoms with E-state index >= 15 is 0 Å². The molecule has 1 aromatic rings. The van der Waals surface area contributed by atoms with E-state index in [2.05, 4.69) is 4.99 Å². The summed E-state index contributed by atoms with van der Waals surface area (Å²) in [6, 6.07) is 6.55. The third-order valence-corrected chi connectivity index (χ3v) is 3.24. The zero-order chi connectivity index (χ0) is 10.9. The van der Waals surface area contributed by atoms with Gasteiger partial charge in [0.1, 0.15) is 6.61 Å². The van der Waals surface area contributed by atoms with Crippen LogP contribution in [0.3, 0.4) is 0 Å². The maximum absolute atomic E-state index is 11.2. The highest BCUT2D eigenvalue weighted by atomic mass is 32.2. The molecule has 1 heterocycles. The quantitative estimate of drug-likeness (QED) is 0.750. The topological polar surface area (TPSA) is 55.7 Å². The molecule has 0 atom stereocenters. The summed E-state index contributed by atoms with van der Waals surface area (Å²) >= 11 is 0. The first kappa shape index (κ1) is 10.2. The van der Waals surface area contributed by atoms with Crippen LogP contribution >= 0.6 is 0 Å². The van der Waals surface area contributed by atoms with Crippen molar-refractivity contribution in [2.75, 3.05) is 19.4 Å². The van der Waals surface area contributed by atoms with E-state index in [0.717, 1.165) is 5.56 Å². The molecule has 4 nitrogen and oxygen atoms in total. The van der Waals surface area contributed by atoms with Gasteiger partial charge in [0.25, 0.3) is 0 Å². The average molecular weight is 225 g/mol. The van der Waals surface area contributed by atoms with Gasteiger partial charge < -0.3 is 4.74 Å². The summed E-state index contributed by atoms with van der Waals surface area (Å²) in [5.41, 5.74) is 0.819. The van der Waals surface area contributed by atoms with Crippen LogP contribution in [0.4, 0.5) is 0 Å². The first-order valence-corrected chi connectivity index (χ1v) is 6.44. The zero-order valence-corrected chi connectivity index (χ0v) is 9.12. The van der Waals surface area contributed by atoms with Gasteiger partial charge in [-0.3, -0.25) is 0 Å². The molecule has 2 rings (SSSR count). The summed E-state index contributed by atoms with van der Waals surface area (Å²) in [4.78, 5) is 4.45. The van der Waals surface area contributed by atoms with Gasteiger partial charge in [0.05, 0.1) is 11.4 Å². The van der Waals surface area contributed by atoms with Gasteiger partial charge in [-0.25, -0.2) is 13.4 Å². The lowest BCUT2D eigenvalue weighted by atomic mass is 10.2. The van der Waals surface area contributed by atoms with E-state index in [1.807, 2.05) is 0 Å². The van der Waals surface area contributed by atoms with Crippen molar-refractivity contribution in [2.45, 2.75) is 4.90 Å². The Morgan fingerprint density at radius 3 is 2.40 bits per heavy atom. The summed E-state index contributed by atoms with van der Waals surface area (Å²) in [6.45, 7) is 1.27. The van der Waals surface area contributed by atoms with Gasteiger partial charge in [-0.15, -0.1) is 0 Å². The summed E-state index contributed by atoms with van der Waals surface area (Å²) in [5.74, 6) is 0.593. The molecular formula is C10H11NO3S. The van der Waals surface area contributed by atoms with Crippen molar-refractivity contribution >= 4 is 15.7 Å². The molecule has 15 heavy (non-hydrogen) atoms. The van der Waals surface area contributed by atoms with E-state index in [0.29, 0.717) is 23.9 Å². The van der Waals surface area contributed by atoms with Crippen LogP contribution in [-0.4, -0.2) is 33.7 Å². The Bertz CT molecular complexity index is 488. The molecule has 0 fully saturated rings. The Morgan fingerprint density at radius 1 is 1.27 bits per heavy atom. The average Bonchev–Trinajstić information content (AvgIpc) is 2.69. The number of hydrogen-bond acceptors (Lipinski definition) is 4. The van der Waals surface area contributed by atoms with Crippen molar-refractivity contribution in [1.29, 1.82) is 0 Å². The van der Waals surface area contributed by atoms with Gasteiger partial charge in [-0.1, -0.05) is 0 Å². The lowest BCUT2D eigenvalue weighted by molar-refractivity contribution is 0.348. The Morgan fingerprint density at radius 2 is 1.93 bits per heavy atom. The zero-order valence-electron chi connectivity index (χ0n) is 8.30. The third-order valence-electron chi connectivity index (χ3n) is 2.11. The first-order chi connectivity index (χ1) is 7.07. The molecule has 0 saturated carbocycles. The molecule has 80 valence electrons. The van der Waals surface area contributed by atoms with E-state index < -0.39 is 9.84 Å². The molecule has 0 unspecified atom stereocenters. The van der Waals surface area contributed by atoms with Gasteiger partial charge in [-0.2, -0.15) is 0 Å². The predicted octanol–water partition coefficient (Wildman–Crippen LogP) is 0.867. The fourth-order valence-electron chi connectivity index (χ4n) is 1.35. The summed E-state index contributed by atoms with van der Waals surface area (Å²) in [7, 11) is -3.12. The molecule has 0 bridgehead atoms. The summed E-state index contributed by atoms with van der Waals surface area (Å²) < 4.78 is 27.7. The number of ether oxygens (including phenoxy) is 1. The molecule has 1 aliphatic rings. The van der Waals surface area contributed by atoms with Crippen molar-refractivity contribution < 1.29 is 13.2 Å². The molecule has 0 N–H and O–H groups in total. The van der Waals surface area contributed by atoms with E-state index in [1.54, 1.807) is 24.3 Å². The molecule has 0 radical (unpaired) electrons. The Labute approximate surface area is 88.5 Å². The van der Waals surface area contributed by atoms with E-state index in [1.165, 1.54) is 6.26 Å². The molecule has 5 heteroatoms. The fraction of sp³-hybridized carbons (Fsp3) is 0.300. The number of rotatable bonds is 2. The van der Waals surface area contributed by atoms with Crippen LogP contribution < -0.4 is 0 Å². The summed E-state index contributed by atoms with van der Waals surface area (Å²) in [5, 5.41) is 0. The van der Waals surface area contributed by atoms with Crippen molar-refractivity contribution in [2.24, 2.45) is 4.99 Å². The molecule has 1 aliphatic heterocycles. The van der Waals surface area contributed by atoms with Crippen molar-refractivity contribution in [3.8, 4) is 0 Å². The molecule has 0 aromatic heterocycles. The second-order valence-electron chi connectivity index (χ2n) is 3.33. The van der Waals surface area contributed by atoms with Gasteiger partial charge >= 0.3 is 0 Å². The van der Waals surface area contributed by atoms with Crippen molar-refractivity contribution in [3.05, 3.63) is 29.8 Å². The maximum atomic E-state index is 11.2. The largest absolute Gasteiger partial charge is 0.476 e. The van der Waals surface area contributed by atoms with Gasteiger partial charge in [0, 0.05) is 11.8 Å². The van der Waals surface area contributed by atoms with Crippen LogP contribution in [0.1, 0.15) is 5.56 Å². The van der Waals surface area contributed by atoms with E-state index in [9.17, 15) is 8.42 Å². The van der Waals surface area contributed by atoms with Gasteiger partial charge in [0.2, 0.25) is 5.90 Å². The Kier molecular flexibility index (Phi) is 2.48. The van der Waals surface area contributed by atoms with E-state index in [4.69, 9.17) is 4.74 Å². The third kappa shape index (κ3) is 2.18. The van der Waals surface area contributed by atoms with E-state index in [-0.39, 0.29) is 0 Å². The van der Waals surface area contributed by atoms with Crippen LogP contribution in [0, 0.1) is 0 Å². The number of sulfone groups is 1. The second-order valence-corrected chi connectivity index (χ2v) is 5.35. The van der Waals surface area contributed by atoms with Crippen molar-refractivity contribution in [3.63, 3.8) is 0 Å². The van der Waals surface area contributed by atoms with Gasteiger partial charge in [0.15, 0.2) is 9.84 Å². The van der Waals surface area contributed by atoms with Crippen LogP contribution in [0.25, 0.3) is 0 Å². The maximum Gasteiger partial charge on any atom is 0.216 e. The molecule has 0 saturated heterocycles. The van der Waals surface area contributed by atoms with Crippen LogP contribution in [0.5, 0.6) is 0 Å². The van der Waals surface area contributed by atoms with Crippen LogP contribution in [0.2, 0.25) is 0 Å². The fourth-order valence-corrected chi connectivity index (χ4v) is 1.98. The highest BCUT2D eigenvalue weighted by Gasteiger charge is 2.11. The molecule has 0 aliphatic carbocycles. The number of hydrogen-bond donors (Lipinski definition) is 0. The smallest absolute Gasteiger partial charge is 0.216 e. The normalized spacial score (nSPS) is 15.9. The monoisotopic (exact) mass is 225 g/mol. The van der Waals surface area contributed by atoms with Crippen LogP contribution in [-0.2, 0) is 14.6 Å². The Hall–Kier alpha value is -1.36. The Balaban J connectivity index is 2.32. The standard InChI is InChI=1S/C10H11NO3S/c1-15(12,13)9-4-2-8(3-5-9)10-11-6-7-14-10/h2-5H,6-7H2,1H3. The highest BCUT2D eigenvalue weighted by Crippen LogP contribution is 2.13. The minimum atomic E-state index is -3.12. The number of nitrogens with zero attached hydrogens (tertiary/aromatic N) is 1. The SMILES string of the molecule is CS(=O)(=O)c1ccc(C2=NCCO2)cc1. The molecular weight excluding hydrogens is 214 g/mol. The molecule has 0 amide bonds. The van der Waals surface area contributed by atoms with Crippen LogP contribution in [0.15, 0.2) is 34.2 Å². The lowest BCUT2D eigenvalue weighted by Crippen LogP contribution is -2.02. The summed E-state index contributed by atoms with van der Waals surface area (Å²) in [6.07, 6.45) is 1.19. The predicted molar refractivity (Wildman–Crippen MR) is 56.9 cm³/mol. The number of benzene rings is 1. The first-order valence-electron chi connectivity index (χ1n) is 4.55. The molecule has 1 aromatic carbocycles. The van der Waals surface area contributed by atoms with Gasteiger partial charge in [-0.05, 0) is 24.3 Å². The molecule has 0 spiro atoms.